The van der Waals surface area contributed by atoms with Gasteiger partial charge in [0.1, 0.15) is 5.82 Å². The predicted molar refractivity (Wildman–Crippen MR) is 136 cm³/mol. The fourth-order valence-corrected chi connectivity index (χ4v) is 5.40. The van der Waals surface area contributed by atoms with Crippen molar-refractivity contribution in [2.75, 3.05) is 13.1 Å². The Balaban J connectivity index is 1.24. The van der Waals surface area contributed by atoms with Crippen LogP contribution in [0.25, 0.3) is 11.0 Å². The second-order valence-corrected chi connectivity index (χ2v) is 9.61. The van der Waals surface area contributed by atoms with Gasteiger partial charge in [-0.05, 0) is 86.5 Å². The van der Waals surface area contributed by atoms with Gasteiger partial charge in [0.15, 0.2) is 0 Å². The van der Waals surface area contributed by atoms with Gasteiger partial charge >= 0.3 is 0 Å². The summed E-state index contributed by atoms with van der Waals surface area (Å²) in [6.45, 7) is 2.86. The first-order valence-electron chi connectivity index (χ1n) is 11.9. The molecule has 2 aromatic carbocycles. The zero-order valence-electron chi connectivity index (χ0n) is 18.9. The Morgan fingerprint density at radius 3 is 2.79 bits per heavy atom. The van der Waals surface area contributed by atoms with Crippen molar-refractivity contribution in [3.63, 3.8) is 0 Å². The third kappa shape index (κ3) is 5.64. The SMILES string of the molecule is c1ccc(SNCCCCN(Cc2nc3ccccc3[nH]2)C2CCCc3cccnc32)cc1. The van der Waals surface area contributed by atoms with E-state index in [0.717, 1.165) is 62.2 Å². The molecule has 0 fully saturated rings. The second kappa shape index (κ2) is 11.0. The number of pyridine rings is 1. The van der Waals surface area contributed by atoms with Gasteiger partial charge in [-0.3, -0.25) is 14.6 Å². The summed E-state index contributed by atoms with van der Waals surface area (Å²) >= 11 is 1.71. The Bertz CT molecular complexity index is 1130. The lowest BCUT2D eigenvalue weighted by Gasteiger charge is -2.34. The minimum atomic E-state index is 0.356. The van der Waals surface area contributed by atoms with Crippen molar-refractivity contribution < 1.29 is 0 Å². The summed E-state index contributed by atoms with van der Waals surface area (Å²) in [5.74, 6) is 1.04. The highest BCUT2D eigenvalue weighted by Gasteiger charge is 2.27. The van der Waals surface area contributed by atoms with Gasteiger partial charge in [0.25, 0.3) is 0 Å². The van der Waals surface area contributed by atoms with Crippen LogP contribution in [0.3, 0.4) is 0 Å². The van der Waals surface area contributed by atoms with Gasteiger partial charge in [0.05, 0.1) is 29.3 Å². The number of nitrogens with zero attached hydrogens (tertiary/aromatic N) is 3. The fraction of sp³-hybridized carbons (Fsp3) is 0.333. The summed E-state index contributed by atoms with van der Waals surface area (Å²) in [5, 5.41) is 0. The number of nitrogens with one attached hydrogen (secondary N) is 2. The second-order valence-electron chi connectivity index (χ2n) is 8.64. The van der Waals surface area contributed by atoms with Gasteiger partial charge in [-0.25, -0.2) is 4.98 Å². The maximum Gasteiger partial charge on any atom is 0.121 e. The van der Waals surface area contributed by atoms with Gasteiger partial charge < -0.3 is 4.98 Å². The Hall–Kier alpha value is -2.67. The van der Waals surface area contributed by atoms with Gasteiger partial charge in [0, 0.05) is 17.6 Å². The van der Waals surface area contributed by atoms with Crippen LogP contribution >= 0.6 is 11.9 Å². The first kappa shape index (κ1) is 22.1. The number of benzene rings is 2. The van der Waals surface area contributed by atoms with E-state index in [9.17, 15) is 0 Å². The summed E-state index contributed by atoms with van der Waals surface area (Å²) in [7, 11) is 0. The summed E-state index contributed by atoms with van der Waals surface area (Å²) in [6.07, 6.45) is 7.74. The van der Waals surface area contributed by atoms with Crippen LogP contribution < -0.4 is 4.72 Å². The topological polar surface area (TPSA) is 56.8 Å². The molecule has 1 atom stereocenters. The normalized spacial score (nSPS) is 15.7. The molecule has 4 aromatic rings. The van der Waals surface area contributed by atoms with Crippen LogP contribution in [-0.2, 0) is 13.0 Å². The van der Waals surface area contributed by atoms with Gasteiger partial charge in [-0.1, -0.05) is 36.4 Å². The van der Waals surface area contributed by atoms with Crippen LogP contribution in [0, 0.1) is 0 Å². The number of hydrogen-bond acceptors (Lipinski definition) is 5. The van der Waals surface area contributed by atoms with E-state index in [4.69, 9.17) is 9.97 Å². The molecule has 0 amide bonds. The molecule has 0 aliphatic heterocycles. The number of para-hydroxylation sites is 2. The molecule has 5 nitrogen and oxygen atoms in total. The van der Waals surface area contributed by atoms with Crippen LogP contribution in [0.1, 0.15) is 48.8 Å². The molecule has 0 saturated heterocycles. The van der Waals surface area contributed by atoms with E-state index in [1.165, 1.54) is 22.6 Å². The van der Waals surface area contributed by atoms with Crippen molar-refractivity contribution in [3.8, 4) is 0 Å². The monoisotopic (exact) mass is 457 g/mol. The van der Waals surface area contributed by atoms with Crippen LogP contribution in [0.4, 0.5) is 0 Å². The summed E-state index contributed by atoms with van der Waals surface area (Å²) in [4.78, 5) is 17.0. The van der Waals surface area contributed by atoms with E-state index in [2.05, 4.69) is 75.3 Å². The molecule has 5 rings (SSSR count). The molecular formula is C27H31N5S. The number of hydrogen-bond donors (Lipinski definition) is 2. The highest BCUT2D eigenvalue weighted by Crippen LogP contribution is 2.33. The number of aromatic nitrogens is 3. The number of unbranched alkanes of at least 4 members (excludes halogenated alkanes) is 1. The van der Waals surface area contributed by atoms with Crippen LogP contribution in [0.15, 0.2) is 77.8 Å². The van der Waals surface area contributed by atoms with Crippen LogP contribution in [0.2, 0.25) is 0 Å². The van der Waals surface area contributed by atoms with Crippen molar-refractivity contribution in [2.45, 2.75) is 49.6 Å². The number of imidazole rings is 1. The molecule has 0 bridgehead atoms. The van der Waals surface area contributed by atoms with Gasteiger partial charge in [-0.15, -0.1) is 0 Å². The first-order valence-corrected chi connectivity index (χ1v) is 12.7. The molecule has 1 aliphatic rings. The number of aromatic amines is 1. The largest absolute Gasteiger partial charge is 0.341 e. The summed E-state index contributed by atoms with van der Waals surface area (Å²) < 4.78 is 3.51. The standard InChI is InChI=1S/C27H31N5S/c1-2-12-22(13-3-1)33-29-18-6-7-19-32(20-26-30-23-14-4-5-15-24(23)31-26)25-16-8-10-21-11-9-17-28-27(21)25/h1-5,9,11-15,17,25,29H,6-8,10,16,18-20H2,(H,30,31). The van der Waals surface area contributed by atoms with E-state index < -0.39 is 0 Å². The lowest BCUT2D eigenvalue weighted by molar-refractivity contribution is 0.159. The molecule has 170 valence electrons. The minimum Gasteiger partial charge on any atom is -0.341 e. The molecule has 2 N–H and O–H groups in total. The third-order valence-corrected chi connectivity index (χ3v) is 7.16. The molecular weight excluding hydrogens is 426 g/mol. The van der Waals surface area contributed by atoms with E-state index >= 15 is 0 Å². The number of H-pyrrole nitrogens is 1. The lowest BCUT2D eigenvalue weighted by Crippen LogP contribution is -2.33. The van der Waals surface area contributed by atoms with Gasteiger partial charge in [0.2, 0.25) is 0 Å². The quantitative estimate of drug-likeness (QED) is 0.229. The van der Waals surface area contributed by atoms with Crippen molar-refractivity contribution in [1.29, 1.82) is 0 Å². The highest BCUT2D eigenvalue weighted by atomic mass is 32.2. The van der Waals surface area contributed by atoms with Crippen LogP contribution in [-0.4, -0.2) is 32.9 Å². The van der Waals surface area contributed by atoms with Crippen molar-refractivity contribution in [1.82, 2.24) is 24.6 Å². The van der Waals surface area contributed by atoms with E-state index in [1.807, 2.05) is 12.3 Å². The summed E-state index contributed by atoms with van der Waals surface area (Å²) in [6, 6.07) is 23.5. The van der Waals surface area contributed by atoms with Gasteiger partial charge in [-0.2, -0.15) is 0 Å². The third-order valence-electron chi connectivity index (χ3n) is 6.30. The van der Waals surface area contributed by atoms with E-state index in [0.29, 0.717) is 6.04 Å². The maximum absolute atomic E-state index is 4.86. The molecule has 0 radical (unpaired) electrons. The predicted octanol–water partition coefficient (Wildman–Crippen LogP) is 5.91. The Morgan fingerprint density at radius 2 is 1.88 bits per heavy atom. The molecule has 0 saturated carbocycles. The Morgan fingerprint density at radius 1 is 1.00 bits per heavy atom. The zero-order chi connectivity index (χ0) is 22.3. The molecule has 1 unspecified atom stereocenters. The van der Waals surface area contributed by atoms with E-state index in [-0.39, 0.29) is 0 Å². The van der Waals surface area contributed by atoms with Crippen LogP contribution in [0.5, 0.6) is 0 Å². The molecule has 2 heterocycles. The number of fused-ring (bicyclic) bond motifs is 2. The smallest absolute Gasteiger partial charge is 0.121 e. The van der Waals surface area contributed by atoms with Crippen molar-refractivity contribution >= 4 is 23.0 Å². The number of aryl methyl sites for hydroxylation is 1. The minimum absolute atomic E-state index is 0.356. The average Bonchev–Trinajstić information content (AvgIpc) is 3.28. The maximum atomic E-state index is 4.86. The lowest BCUT2D eigenvalue weighted by atomic mass is 9.90. The highest BCUT2D eigenvalue weighted by molar-refractivity contribution is 7.97. The molecule has 0 spiro atoms. The fourth-order valence-electron chi connectivity index (χ4n) is 4.69. The molecule has 2 aromatic heterocycles. The Labute approximate surface area is 200 Å². The van der Waals surface area contributed by atoms with Crippen molar-refractivity contribution in [3.05, 3.63) is 90.0 Å². The molecule has 6 heteroatoms. The molecule has 1 aliphatic carbocycles. The average molecular weight is 458 g/mol. The molecule has 33 heavy (non-hydrogen) atoms. The van der Waals surface area contributed by atoms with E-state index in [1.54, 1.807) is 11.9 Å². The van der Waals surface area contributed by atoms with Crippen molar-refractivity contribution in [2.24, 2.45) is 0 Å². The Kier molecular flexibility index (Phi) is 7.36. The summed E-state index contributed by atoms with van der Waals surface area (Å²) in [5.41, 5.74) is 4.82. The number of rotatable bonds is 10. The first-order chi connectivity index (χ1) is 16.4. The zero-order valence-corrected chi connectivity index (χ0v) is 19.7.